The van der Waals surface area contributed by atoms with Crippen LogP contribution in [0.2, 0.25) is 10.0 Å². The monoisotopic (exact) mass is 537 g/mol. The van der Waals surface area contributed by atoms with Gasteiger partial charge in [0.25, 0.3) is 5.91 Å². The van der Waals surface area contributed by atoms with E-state index in [4.69, 9.17) is 28.3 Å². The molecule has 1 amide bonds. The average molecular weight is 539 g/mol. The van der Waals surface area contributed by atoms with E-state index in [1.807, 2.05) is 16.8 Å². The zero-order valence-electron chi connectivity index (χ0n) is 22.5. The molecule has 196 valence electrons. The van der Waals surface area contributed by atoms with Crippen molar-refractivity contribution >= 4 is 29.1 Å². The molecule has 37 heavy (non-hydrogen) atoms. The quantitative estimate of drug-likeness (QED) is 0.345. The minimum absolute atomic E-state index is 0.0979. The fraction of sp³-hybridized carbons (Fsp3) is 0.484. The highest BCUT2D eigenvalue weighted by molar-refractivity contribution is 6.35. The molecule has 2 aromatic carbocycles. The summed E-state index contributed by atoms with van der Waals surface area (Å²) in [4.78, 5) is 13.7. The van der Waals surface area contributed by atoms with E-state index in [9.17, 15) is 4.79 Å². The smallest absolute Gasteiger partial charge is 0.272 e. The lowest BCUT2D eigenvalue weighted by Gasteiger charge is -2.54. The van der Waals surface area contributed by atoms with Gasteiger partial charge in [0.05, 0.1) is 16.4 Å². The first-order valence-corrected chi connectivity index (χ1v) is 14.3. The van der Waals surface area contributed by atoms with Crippen LogP contribution in [-0.2, 0) is 12.8 Å². The van der Waals surface area contributed by atoms with E-state index in [-0.39, 0.29) is 5.91 Å². The molecule has 3 unspecified atom stereocenters. The molecule has 1 aromatic heterocycles. The summed E-state index contributed by atoms with van der Waals surface area (Å²) in [6, 6.07) is 12.0. The molecule has 2 aliphatic rings. The van der Waals surface area contributed by atoms with Gasteiger partial charge in [0.2, 0.25) is 0 Å². The molecule has 0 bridgehead atoms. The Kier molecular flexibility index (Phi) is 7.19. The number of carbonyl (C=O) groups is 1. The van der Waals surface area contributed by atoms with E-state index in [1.54, 1.807) is 6.07 Å². The Balaban J connectivity index is 1.54. The molecular weight excluding hydrogens is 501 g/mol. The van der Waals surface area contributed by atoms with Crippen molar-refractivity contribution in [2.24, 2.45) is 23.2 Å². The maximum atomic E-state index is 13.7. The Morgan fingerprint density at radius 3 is 2.65 bits per heavy atom. The molecule has 0 saturated heterocycles. The number of amides is 1. The highest BCUT2D eigenvalue weighted by Gasteiger charge is 2.48. The van der Waals surface area contributed by atoms with Crippen LogP contribution >= 0.6 is 23.2 Å². The molecule has 6 heteroatoms. The van der Waals surface area contributed by atoms with E-state index in [0.29, 0.717) is 39.5 Å². The fourth-order valence-electron chi connectivity index (χ4n) is 6.46. The second-order valence-electron chi connectivity index (χ2n) is 11.6. The molecule has 0 spiro atoms. The number of fused-ring (bicyclic) bond motifs is 3. The number of rotatable bonds is 6. The van der Waals surface area contributed by atoms with Crippen LogP contribution in [0.25, 0.3) is 16.9 Å². The van der Waals surface area contributed by atoms with E-state index < -0.39 is 0 Å². The second kappa shape index (κ2) is 10.1. The number of halogens is 2. The Hall–Kier alpha value is -2.30. The number of nitrogens with one attached hydrogen (secondary N) is 1. The minimum atomic E-state index is -0.0979. The topological polar surface area (TPSA) is 46.9 Å². The van der Waals surface area contributed by atoms with Crippen molar-refractivity contribution in [2.75, 3.05) is 6.54 Å². The SMILES string of the molecule is CCC(CNC(=O)c1nn(-c2ccc(Cl)cc2Cl)c2c1CCCc1cc(C)ccc1-2)C1CC(C)C1(C)C. The molecule has 2 aliphatic carbocycles. The molecule has 3 atom stereocenters. The molecule has 5 rings (SSSR count). The van der Waals surface area contributed by atoms with Gasteiger partial charge in [-0.25, -0.2) is 4.68 Å². The van der Waals surface area contributed by atoms with Crippen LogP contribution < -0.4 is 5.32 Å². The number of hydrogen-bond donors (Lipinski definition) is 1. The Labute approximate surface area is 230 Å². The number of nitrogens with zero attached hydrogens (tertiary/aromatic N) is 2. The molecule has 0 aliphatic heterocycles. The van der Waals surface area contributed by atoms with E-state index >= 15 is 0 Å². The minimum Gasteiger partial charge on any atom is -0.350 e. The van der Waals surface area contributed by atoms with Crippen LogP contribution in [0.1, 0.15) is 74.1 Å². The third kappa shape index (κ3) is 4.72. The zero-order valence-corrected chi connectivity index (χ0v) is 24.0. The number of aryl methyl sites for hydroxylation is 2. The predicted octanol–water partition coefficient (Wildman–Crippen LogP) is 8.08. The molecule has 1 N–H and O–H groups in total. The molecule has 1 fully saturated rings. The van der Waals surface area contributed by atoms with Crippen LogP contribution in [-0.4, -0.2) is 22.2 Å². The Morgan fingerprint density at radius 1 is 1.19 bits per heavy atom. The summed E-state index contributed by atoms with van der Waals surface area (Å²) < 4.78 is 1.86. The van der Waals surface area contributed by atoms with Gasteiger partial charge in [-0.3, -0.25) is 4.79 Å². The normalized spacial score (nSPS) is 20.8. The Bertz CT molecular complexity index is 1340. The predicted molar refractivity (Wildman–Crippen MR) is 153 cm³/mol. The molecule has 3 aromatic rings. The second-order valence-corrected chi connectivity index (χ2v) is 12.5. The van der Waals surface area contributed by atoms with Gasteiger partial charge in [-0.2, -0.15) is 5.10 Å². The van der Waals surface area contributed by atoms with Crippen molar-refractivity contribution in [1.82, 2.24) is 15.1 Å². The van der Waals surface area contributed by atoms with Crippen LogP contribution in [0.5, 0.6) is 0 Å². The maximum absolute atomic E-state index is 13.7. The zero-order chi connectivity index (χ0) is 26.5. The van der Waals surface area contributed by atoms with Crippen LogP contribution in [0, 0.1) is 30.1 Å². The van der Waals surface area contributed by atoms with Gasteiger partial charge in [-0.05, 0) is 79.5 Å². The summed E-state index contributed by atoms with van der Waals surface area (Å²) in [6.07, 6.45) is 5.02. The van der Waals surface area contributed by atoms with Crippen LogP contribution in [0.15, 0.2) is 36.4 Å². The lowest BCUT2D eigenvalue weighted by Crippen LogP contribution is -2.49. The third-order valence-corrected chi connectivity index (χ3v) is 9.71. The lowest BCUT2D eigenvalue weighted by molar-refractivity contribution is -0.0473. The van der Waals surface area contributed by atoms with Crippen LogP contribution in [0.3, 0.4) is 0 Å². The summed E-state index contributed by atoms with van der Waals surface area (Å²) in [6.45, 7) is 12.1. The average Bonchev–Trinajstić information content (AvgIpc) is 3.12. The van der Waals surface area contributed by atoms with E-state index in [1.165, 1.54) is 17.5 Å². The summed E-state index contributed by atoms with van der Waals surface area (Å²) in [7, 11) is 0. The first-order chi connectivity index (χ1) is 17.6. The third-order valence-electron chi connectivity index (χ3n) is 9.18. The first kappa shape index (κ1) is 26.3. The molecular formula is C31H37Cl2N3O. The number of aromatic nitrogens is 2. The van der Waals surface area contributed by atoms with Crippen molar-refractivity contribution < 1.29 is 4.79 Å². The lowest BCUT2D eigenvalue weighted by atomic mass is 9.51. The Morgan fingerprint density at radius 2 is 1.97 bits per heavy atom. The van der Waals surface area contributed by atoms with E-state index in [0.717, 1.165) is 54.1 Å². The summed E-state index contributed by atoms with van der Waals surface area (Å²) in [5.41, 5.74) is 7.14. The molecule has 0 radical (unpaired) electrons. The number of benzene rings is 2. The van der Waals surface area contributed by atoms with Crippen molar-refractivity contribution in [3.63, 3.8) is 0 Å². The summed E-state index contributed by atoms with van der Waals surface area (Å²) >= 11 is 12.9. The van der Waals surface area contributed by atoms with Crippen molar-refractivity contribution in [3.05, 3.63) is 68.8 Å². The van der Waals surface area contributed by atoms with Gasteiger partial charge in [-0.1, -0.05) is 81.1 Å². The molecule has 1 saturated carbocycles. The van der Waals surface area contributed by atoms with Crippen molar-refractivity contribution in [2.45, 2.75) is 66.7 Å². The highest BCUT2D eigenvalue weighted by atomic mass is 35.5. The van der Waals surface area contributed by atoms with E-state index in [2.05, 4.69) is 58.1 Å². The molecule has 4 nitrogen and oxygen atoms in total. The van der Waals surface area contributed by atoms with Crippen LogP contribution in [0.4, 0.5) is 0 Å². The van der Waals surface area contributed by atoms with Gasteiger partial charge in [-0.15, -0.1) is 0 Å². The van der Waals surface area contributed by atoms with Gasteiger partial charge >= 0.3 is 0 Å². The van der Waals surface area contributed by atoms with Gasteiger partial charge in [0.15, 0.2) is 5.69 Å². The highest BCUT2D eigenvalue weighted by Crippen LogP contribution is 2.54. The summed E-state index contributed by atoms with van der Waals surface area (Å²) in [5.74, 6) is 1.72. The number of carbonyl (C=O) groups excluding carboxylic acids is 1. The largest absolute Gasteiger partial charge is 0.350 e. The van der Waals surface area contributed by atoms with Crippen molar-refractivity contribution in [3.8, 4) is 16.9 Å². The standard InChI is InChI=1S/C31H37Cl2N3O/c1-6-20(25-15-19(3)31(25,4)5)17-34-30(37)28-24-9-7-8-21-14-18(2)10-12-23(21)29(24)36(35-28)27-13-11-22(32)16-26(27)33/h10-14,16,19-20,25H,6-9,15,17H2,1-5H3,(H,34,37). The maximum Gasteiger partial charge on any atom is 0.272 e. The molecule has 1 heterocycles. The van der Waals surface area contributed by atoms with Gasteiger partial charge in [0.1, 0.15) is 0 Å². The van der Waals surface area contributed by atoms with Gasteiger partial charge < -0.3 is 5.32 Å². The number of hydrogen-bond acceptors (Lipinski definition) is 2. The summed E-state index contributed by atoms with van der Waals surface area (Å²) in [5, 5.41) is 9.27. The van der Waals surface area contributed by atoms with Crippen molar-refractivity contribution in [1.29, 1.82) is 0 Å². The van der Waals surface area contributed by atoms with Gasteiger partial charge in [0, 0.05) is 22.7 Å². The fourth-order valence-corrected chi connectivity index (χ4v) is 6.95. The first-order valence-electron chi connectivity index (χ1n) is 13.6.